The first-order chi connectivity index (χ1) is 9.75. The highest BCUT2D eigenvalue weighted by Crippen LogP contribution is 2.24. The Morgan fingerprint density at radius 2 is 1.70 bits per heavy atom. The zero-order valence-electron chi connectivity index (χ0n) is 10.2. The SMILES string of the molecule is O=c1[nH]c(-c2ncccn2)nc(-c2ccccc2)c1Br. The molecule has 3 rings (SSSR count). The van der Waals surface area contributed by atoms with E-state index in [-0.39, 0.29) is 5.56 Å². The van der Waals surface area contributed by atoms with Crippen LogP contribution in [0.1, 0.15) is 0 Å². The van der Waals surface area contributed by atoms with E-state index in [0.29, 0.717) is 21.8 Å². The number of H-pyrrole nitrogens is 1. The van der Waals surface area contributed by atoms with E-state index >= 15 is 0 Å². The third kappa shape index (κ3) is 2.37. The lowest BCUT2D eigenvalue weighted by Crippen LogP contribution is -2.12. The summed E-state index contributed by atoms with van der Waals surface area (Å²) in [4.78, 5) is 27.3. The van der Waals surface area contributed by atoms with Crippen LogP contribution in [0.25, 0.3) is 22.9 Å². The minimum Gasteiger partial charge on any atom is -0.303 e. The molecule has 0 spiro atoms. The van der Waals surface area contributed by atoms with Gasteiger partial charge in [-0.25, -0.2) is 15.0 Å². The number of nitrogens with zero attached hydrogens (tertiary/aromatic N) is 3. The number of hydrogen-bond donors (Lipinski definition) is 1. The van der Waals surface area contributed by atoms with Gasteiger partial charge in [0.1, 0.15) is 4.47 Å². The number of aromatic nitrogens is 4. The number of nitrogens with one attached hydrogen (secondary N) is 1. The lowest BCUT2D eigenvalue weighted by molar-refractivity contribution is 1.05. The second-order valence-electron chi connectivity index (χ2n) is 4.02. The molecule has 5 nitrogen and oxygen atoms in total. The number of hydrogen-bond acceptors (Lipinski definition) is 4. The first-order valence-corrected chi connectivity index (χ1v) is 6.67. The summed E-state index contributed by atoms with van der Waals surface area (Å²) in [6, 6.07) is 11.2. The fourth-order valence-electron chi connectivity index (χ4n) is 1.77. The van der Waals surface area contributed by atoms with Gasteiger partial charge in [0.05, 0.1) is 5.69 Å². The smallest absolute Gasteiger partial charge is 0.266 e. The quantitative estimate of drug-likeness (QED) is 0.785. The maximum atomic E-state index is 12.0. The van der Waals surface area contributed by atoms with Crippen molar-refractivity contribution in [1.29, 1.82) is 0 Å². The number of aromatic amines is 1. The summed E-state index contributed by atoms with van der Waals surface area (Å²) >= 11 is 3.28. The molecule has 0 aliphatic carbocycles. The van der Waals surface area contributed by atoms with Gasteiger partial charge >= 0.3 is 0 Å². The molecule has 0 radical (unpaired) electrons. The molecule has 2 heterocycles. The molecule has 0 aliphatic heterocycles. The first kappa shape index (κ1) is 12.7. The Balaban J connectivity index is 2.22. The van der Waals surface area contributed by atoms with Crippen LogP contribution >= 0.6 is 15.9 Å². The van der Waals surface area contributed by atoms with Crippen molar-refractivity contribution >= 4 is 15.9 Å². The summed E-state index contributed by atoms with van der Waals surface area (Å²) in [5.74, 6) is 0.729. The van der Waals surface area contributed by atoms with Crippen molar-refractivity contribution in [3.05, 3.63) is 63.6 Å². The predicted molar refractivity (Wildman–Crippen MR) is 79.0 cm³/mol. The van der Waals surface area contributed by atoms with E-state index in [9.17, 15) is 4.79 Å². The number of rotatable bonds is 2. The van der Waals surface area contributed by atoms with Crippen molar-refractivity contribution in [3.8, 4) is 22.9 Å². The average Bonchev–Trinajstić information content (AvgIpc) is 2.51. The van der Waals surface area contributed by atoms with Crippen LogP contribution in [0.2, 0.25) is 0 Å². The molecule has 0 bridgehead atoms. The van der Waals surface area contributed by atoms with Gasteiger partial charge < -0.3 is 4.98 Å². The van der Waals surface area contributed by atoms with Gasteiger partial charge in [-0.2, -0.15) is 0 Å². The van der Waals surface area contributed by atoms with Crippen LogP contribution in [-0.4, -0.2) is 19.9 Å². The maximum absolute atomic E-state index is 12.0. The maximum Gasteiger partial charge on any atom is 0.266 e. The van der Waals surface area contributed by atoms with E-state index in [2.05, 4.69) is 35.9 Å². The molecule has 20 heavy (non-hydrogen) atoms. The molecule has 3 aromatic rings. The van der Waals surface area contributed by atoms with Crippen molar-refractivity contribution in [1.82, 2.24) is 19.9 Å². The van der Waals surface area contributed by atoms with E-state index in [0.717, 1.165) is 5.56 Å². The molecule has 0 amide bonds. The van der Waals surface area contributed by atoms with E-state index in [1.807, 2.05) is 30.3 Å². The Kier molecular flexibility index (Phi) is 3.39. The summed E-state index contributed by atoms with van der Waals surface area (Å²) in [6.07, 6.45) is 3.21. The van der Waals surface area contributed by atoms with Crippen LogP contribution in [0.15, 0.2) is 58.1 Å². The Morgan fingerprint density at radius 3 is 2.40 bits per heavy atom. The summed E-state index contributed by atoms with van der Waals surface area (Å²) in [5, 5.41) is 0. The zero-order chi connectivity index (χ0) is 13.9. The molecule has 1 N–H and O–H groups in total. The second kappa shape index (κ2) is 5.34. The highest BCUT2D eigenvalue weighted by molar-refractivity contribution is 9.10. The fourth-order valence-corrected chi connectivity index (χ4v) is 2.19. The van der Waals surface area contributed by atoms with Gasteiger partial charge in [-0.05, 0) is 22.0 Å². The van der Waals surface area contributed by atoms with Crippen molar-refractivity contribution in [2.45, 2.75) is 0 Å². The van der Waals surface area contributed by atoms with Gasteiger partial charge in [0.15, 0.2) is 11.6 Å². The molecule has 0 saturated heterocycles. The molecule has 0 saturated carbocycles. The Hall–Kier alpha value is -2.34. The van der Waals surface area contributed by atoms with Crippen molar-refractivity contribution in [2.24, 2.45) is 0 Å². The molecule has 2 aromatic heterocycles. The molecule has 6 heteroatoms. The predicted octanol–water partition coefficient (Wildman–Crippen LogP) is 2.66. The minimum absolute atomic E-state index is 0.263. The zero-order valence-corrected chi connectivity index (χ0v) is 11.8. The Labute approximate surface area is 122 Å². The largest absolute Gasteiger partial charge is 0.303 e. The minimum atomic E-state index is -0.263. The summed E-state index contributed by atoms with van der Waals surface area (Å²) < 4.78 is 0.392. The van der Waals surface area contributed by atoms with E-state index in [1.54, 1.807) is 18.5 Å². The number of benzene rings is 1. The van der Waals surface area contributed by atoms with Crippen LogP contribution < -0.4 is 5.56 Å². The van der Waals surface area contributed by atoms with Crippen LogP contribution in [-0.2, 0) is 0 Å². The lowest BCUT2D eigenvalue weighted by Gasteiger charge is -2.05. The first-order valence-electron chi connectivity index (χ1n) is 5.88. The van der Waals surface area contributed by atoms with Gasteiger partial charge in [-0.3, -0.25) is 4.79 Å². The number of halogens is 1. The molecule has 0 aliphatic rings. The molecule has 1 aromatic carbocycles. The van der Waals surface area contributed by atoms with Crippen molar-refractivity contribution in [2.75, 3.05) is 0 Å². The fraction of sp³-hybridized carbons (Fsp3) is 0. The standard InChI is InChI=1S/C14H9BrN4O/c15-10-11(9-5-2-1-3-6-9)18-13(19-14(10)20)12-16-7-4-8-17-12/h1-8H,(H,18,19,20). The molecule has 0 atom stereocenters. The lowest BCUT2D eigenvalue weighted by atomic mass is 10.1. The van der Waals surface area contributed by atoms with Crippen LogP contribution in [0.4, 0.5) is 0 Å². The highest BCUT2D eigenvalue weighted by atomic mass is 79.9. The van der Waals surface area contributed by atoms with Crippen molar-refractivity contribution in [3.63, 3.8) is 0 Å². The van der Waals surface area contributed by atoms with Crippen molar-refractivity contribution < 1.29 is 0 Å². The highest BCUT2D eigenvalue weighted by Gasteiger charge is 2.13. The average molecular weight is 329 g/mol. The van der Waals surface area contributed by atoms with E-state index in [4.69, 9.17) is 0 Å². The van der Waals surface area contributed by atoms with Crippen LogP contribution in [0.3, 0.4) is 0 Å². The van der Waals surface area contributed by atoms with Gasteiger partial charge in [0.2, 0.25) is 0 Å². The Morgan fingerprint density at radius 1 is 1.00 bits per heavy atom. The van der Waals surface area contributed by atoms with E-state index < -0.39 is 0 Å². The van der Waals surface area contributed by atoms with E-state index in [1.165, 1.54) is 0 Å². The van der Waals surface area contributed by atoms with Crippen LogP contribution in [0, 0.1) is 0 Å². The third-order valence-corrected chi connectivity index (χ3v) is 3.42. The molecule has 98 valence electrons. The third-order valence-electron chi connectivity index (χ3n) is 2.69. The summed E-state index contributed by atoms with van der Waals surface area (Å²) in [5.41, 5.74) is 1.15. The Bertz CT molecular complexity index is 787. The normalized spacial score (nSPS) is 10.4. The molecular weight excluding hydrogens is 320 g/mol. The molecule has 0 unspecified atom stereocenters. The van der Waals surface area contributed by atoms with Gasteiger partial charge in [0.25, 0.3) is 5.56 Å². The van der Waals surface area contributed by atoms with Gasteiger partial charge in [-0.15, -0.1) is 0 Å². The topological polar surface area (TPSA) is 71.5 Å². The monoisotopic (exact) mass is 328 g/mol. The van der Waals surface area contributed by atoms with Gasteiger partial charge in [-0.1, -0.05) is 30.3 Å². The van der Waals surface area contributed by atoms with Crippen LogP contribution in [0.5, 0.6) is 0 Å². The summed E-state index contributed by atoms with van der Waals surface area (Å²) in [6.45, 7) is 0. The molecule has 0 fully saturated rings. The molecular formula is C14H9BrN4O. The summed E-state index contributed by atoms with van der Waals surface area (Å²) in [7, 11) is 0. The second-order valence-corrected chi connectivity index (χ2v) is 4.81. The van der Waals surface area contributed by atoms with Gasteiger partial charge in [0, 0.05) is 18.0 Å².